The maximum atomic E-state index is 10.7. The number of hydrogen-bond donors (Lipinski definition) is 0. The predicted octanol–water partition coefficient (Wildman–Crippen LogP) is 4.10. The van der Waals surface area contributed by atoms with E-state index in [1.807, 2.05) is 24.3 Å². The van der Waals surface area contributed by atoms with E-state index in [-0.39, 0.29) is 0 Å². The van der Waals surface area contributed by atoms with E-state index >= 15 is 0 Å². The number of rotatable bonds is 4. The van der Waals surface area contributed by atoms with Gasteiger partial charge in [-0.15, -0.1) is 11.8 Å². The molecule has 0 bridgehead atoms. The van der Waals surface area contributed by atoms with Crippen LogP contribution in [0.25, 0.3) is 0 Å². The van der Waals surface area contributed by atoms with Crippen molar-refractivity contribution in [1.82, 2.24) is 0 Å². The first-order valence-corrected chi connectivity index (χ1v) is 6.50. The van der Waals surface area contributed by atoms with Gasteiger partial charge in [0.25, 0.3) is 0 Å². The van der Waals surface area contributed by atoms with Crippen molar-refractivity contribution in [1.29, 1.82) is 0 Å². The summed E-state index contributed by atoms with van der Waals surface area (Å²) in [6.07, 6.45) is 0.889. The molecule has 0 saturated heterocycles. The quantitative estimate of drug-likeness (QED) is 0.593. The van der Waals surface area contributed by atoms with E-state index in [2.05, 4.69) is 31.2 Å². The molecule has 0 amide bonds. The van der Waals surface area contributed by atoms with E-state index < -0.39 is 0 Å². The van der Waals surface area contributed by atoms with Gasteiger partial charge in [0.2, 0.25) is 0 Å². The molecule has 2 heteroatoms. The Hall–Kier alpha value is -1.54. The van der Waals surface area contributed by atoms with E-state index in [4.69, 9.17) is 0 Å². The summed E-state index contributed by atoms with van der Waals surface area (Å²) in [4.78, 5) is 11.9. The summed E-state index contributed by atoms with van der Waals surface area (Å²) in [5.41, 5.74) is 3.20. The molecule has 0 N–H and O–H groups in total. The van der Waals surface area contributed by atoms with Crippen LogP contribution in [0.4, 0.5) is 0 Å². The number of carbonyl (C=O) groups is 1. The number of benzene rings is 2. The van der Waals surface area contributed by atoms with Gasteiger partial charge in [0.1, 0.15) is 6.29 Å². The maximum Gasteiger partial charge on any atom is 0.150 e. The number of hydrogen-bond acceptors (Lipinski definition) is 2. The van der Waals surface area contributed by atoms with Crippen molar-refractivity contribution in [3.63, 3.8) is 0 Å². The lowest BCUT2D eigenvalue weighted by molar-refractivity contribution is 0.112. The largest absolute Gasteiger partial charge is 0.298 e. The number of aryl methyl sites for hydroxylation is 1. The van der Waals surface area contributed by atoms with Crippen molar-refractivity contribution in [2.24, 2.45) is 0 Å². The Morgan fingerprint density at radius 1 is 1.12 bits per heavy atom. The second kappa shape index (κ2) is 5.69. The van der Waals surface area contributed by atoms with Crippen molar-refractivity contribution in [2.45, 2.75) is 17.6 Å². The van der Waals surface area contributed by atoms with Crippen molar-refractivity contribution >= 4 is 18.0 Å². The molecule has 86 valence electrons. The second-order valence-electron chi connectivity index (χ2n) is 3.96. The molecule has 2 rings (SSSR count). The summed E-state index contributed by atoms with van der Waals surface area (Å²) in [7, 11) is 0. The summed E-state index contributed by atoms with van der Waals surface area (Å²) < 4.78 is 0. The molecule has 2 aromatic carbocycles. The molecule has 0 saturated carbocycles. The first-order valence-electron chi connectivity index (χ1n) is 5.51. The molecule has 0 spiro atoms. The zero-order valence-electron chi connectivity index (χ0n) is 9.72. The Labute approximate surface area is 106 Å². The van der Waals surface area contributed by atoms with Crippen molar-refractivity contribution in [3.05, 3.63) is 65.2 Å². The Kier molecular flexibility index (Phi) is 3.99. The summed E-state index contributed by atoms with van der Waals surface area (Å²) in [6, 6.07) is 16.2. The minimum atomic E-state index is 0.743. The Morgan fingerprint density at radius 3 is 2.59 bits per heavy atom. The molecule has 1 nitrogen and oxygen atoms in total. The van der Waals surface area contributed by atoms with Gasteiger partial charge in [0.15, 0.2) is 0 Å². The standard InChI is InChI=1S/C15H14OS/c1-12-5-7-15(8-6-12)17-11-14-4-2-3-13(9-14)10-16/h2-10H,11H2,1H3. The molecular formula is C15H14OS. The van der Waals surface area contributed by atoms with E-state index in [0.29, 0.717) is 0 Å². The average Bonchev–Trinajstić information content (AvgIpc) is 2.38. The first kappa shape index (κ1) is 11.9. The summed E-state index contributed by atoms with van der Waals surface area (Å²) in [6.45, 7) is 2.09. The van der Waals surface area contributed by atoms with E-state index in [1.54, 1.807) is 11.8 Å². The van der Waals surface area contributed by atoms with Crippen LogP contribution in [0.1, 0.15) is 21.5 Å². The molecule has 0 unspecified atom stereocenters. The Morgan fingerprint density at radius 2 is 1.88 bits per heavy atom. The molecule has 2 aromatic rings. The van der Waals surface area contributed by atoms with Crippen molar-refractivity contribution < 1.29 is 4.79 Å². The Bertz CT molecular complexity index is 503. The fourth-order valence-corrected chi connectivity index (χ4v) is 2.40. The zero-order valence-corrected chi connectivity index (χ0v) is 10.5. The van der Waals surface area contributed by atoms with E-state index in [9.17, 15) is 4.79 Å². The molecule has 0 radical (unpaired) electrons. The maximum absolute atomic E-state index is 10.7. The van der Waals surface area contributed by atoms with Gasteiger partial charge < -0.3 is 0 Å². The SMILES string of the molecule is Cc1ccc(SCc2cccc(C=O)c2)cc1. The van der Waals surface area contributed by atoms with Crippen LogP contribution in [0.15, 0.2) is 53.4 Å². The monoisotopic (exact) mass is 242 g/mol. The summed E-state index contributed by atoms with van der Waals surface area (Å²) in [5.74, 6) is 0.894. The topological polar surface area (TPSA) is 17.1 Å². The van der Waals surface area contributed by atoms with Gasteiger partial charge in [-0.2, -0.15) is 0 Å². The molecule has 0 atom stereocenters. The molecule has 17 heavy (non-hydrogen) atoms. The molecular weight excluding hydrogens is 228 g/mol. The van der Waals surface area contributed by atoms with Crippen molar-refractivity contribution in [2.75, 3.05) is 0 Å². The summed E-state index contributed by atoms with van der Waals surface area (Å²) >= 11 is 1.79. The second-order valence-corrected chi connectivity index (χ2v) is 5.01. The highest BCUT2D eigenvalue weighted by Gasteiger charge is 1.97. The molecule has 0 fully saturated rings. The lowest BCUT2D eigenvalue weighted by Crippen LogP contribution is -1.84. The smallest absolute Gasteiger partial charge is 0.150 e. The van der Waals surface area contributed by atoms with Crippen LogP contribution in [-0.2, 0) is 5.75 Å². The van der Waals surface area contributed by atoms with Crippen LogP contribution >= 0.6 is 11.8 Å². The van der Waals surface area contributed by atoms with Crippen LogP contribution < -0.4 is 0 Å². The third-order valence-electron chi connectivity index (χ3n) is 2.51. The van der Waals surface area contributed by atoms with Crippen LogP contribution in [0.5, 0.6) is 0 Å². The van der Waals surface area contributed by atoms with Gasteiger partial charge in [-0.25, -0.2) is 0 Å². The fraction of sp³-hybridized carbons (Fsp3) is 0.133. The normalized spacial score (nSPS) is 10.2. The van der Waals surface area contributed by atoms with Crippen LogP contribution in [0, 0.1) is 6.92 Å². The highest BCUT2D eigenvalue weighted by atomic mass is 32.2. The van der Waals surface area contributed by atoms with Crippen molar-refractivity contribution in [3.8, 4) is 0 Å². The number of aldehydes is 1. The lowest BCUT2D eigenvalue weighted by Gasteiger charge is -2.03. The highest BCUT2D eigenvalue weighted by molar-refractivity contribution is 7.98. The predicted molar refractivity (Wildman–Crippen MR) is 72.6 cm³/mol. The zero-order chi connectivity index (χ0) is 12.1. The number of thioether (sulfide) groups is 1. The minimum Gasteiger partial charge on any atom is -0.298 e. The van der Waals surface area contributed by atoms with Gasteiger partial charge in [-0.05, 0) is 30.7 Å². The van der Waals surface area contributed by atoms with Crippen LogP contribution in [0.3, 0.4) is 0 Å². The average molecular weight is 242 g/mol. The molecule has 0 heterocycles. The van der Waals surface area contributed by atoms with Gasteiger partial charge in [0.05, 0.1) is 0 Å². The van der Waals surface area contributed by atoms with Crippen LogP contribution in [0.2, 0.25) is 0 Å². The molecule has 0 aromatic heterocycles. The molecule has 0 aliphatic rings. The van der Waals surface area contributed by atoms with Gasteiger partial charge in [-0.3, -0.25) is 4.79 Å². The Balaban J connectivity index is 2.01. The van der Waals surface area contributed by atoms with Gasteiger partial charge in [0, 0.05) is 16.2 Å². The first-order chi connectivity index (χ1) is 8.28. The third kappa shape index (κ3) is 3.46. The lowest BCUT2D eigenvalue weighted by atomic mass is 10.2. The van der Waals surface area contributed by atoms with Gasteiger partial charge >= 0.3 is 0 Å². The molecule has 0 aliphatic heterocycles. The van der Waals surface area contributed by atoms with Gasteiger partial charge in [-0.1, -0.05) is 35.9 Å². The third-order valence-corrected chi connectivity index (χ3v) is 3.60. The molecule has 0 aliphatic carbocycles. The van der Waals surface area contributed by atoms with E-state index in [1.165, 1.54) is 16.0 Å². The number of carbonyl (C=O) groups excluding carboxylic acids is 1. The summed E-state index contributed by atoms with van der Waals surface area (Å²) in [5, 5.41) is 0. The highest BCUT2D eigenvalue weighted by Crippen LogP contribution is 2.23. The van der Waals surface area contributed by atoms with Crippen LogP contribution in [-0.4, -0.2) is 6.29 Å². The fourth-order valence-electron chi connectivity index (χ4n) is 1.56. The van der Waals surface area contributed by atoms with E-state index in [0.717, 1.165) is 17.6 Å². The minimum absolute atomic E-state index is 0.743.